The molecule has 2 aliphatic rings. The highest BCUT2D eigenvalue weighted by molar-refractivity contribution is 14.0. The van der Waals surface area contributed by atoms with Crippen molar-refractivity contribution < 1.29 is 19.0 Å². The molecule has 3 rings (SSSR count). The minimum atomic E-state index is -0.0761. The Hall–Kier alpha value is -1.71. The fourth-order valence-corrected chi connectivity index (χ4v) is 4.07. The molecule has 31 heavy (non-hydrogen) atoms. The first kappa shape index (κ1) is 25.5. The van der Waals surface area contributed by atoms with Gasteiger partial charge in [-0.25, -0.2) is 4.99 Å². The predicted molar refractivity (Wildman–Crippen MR) is 133 cm³/mol. The molecule has 0 spiro atoms. The maximum atomic E-state index is 12.0. The number of fused-ring (bicyclic) bond motifs is 1. The lowest BCUT2D eigenvalue weighted by atomic mass is 9.97. The highest BCUT2D eigenvalue weighted by Crippen LogP contribution is 2.35. The second kappa shape index (κ2) is 12.4. The van der Waals surface area contributed by atoms with Gasteiger partial charge in [-0.05, 0) is 52.7 Å². The minimum absolute atomic E-state index is 0. The quantitative estimate of drug-likeness (QED) is 0.244. The van der Waals surface area contributed by atoms with Crippen LogP contribution in [0.4, 0.5) is 0 Å². The number of ether oxygens (including phenoxy) is 3. The number of esters is 1. The minimum Gasteiger partial charge on any atom is -0.494 e. The summed E-state index contributed by atoms with van der Waals surface area (Å²) < 4.78 is 17.0. The Bertz CT molecular complexity index is 763. The average molecular weight is 545 g/mol. The summed E-state index contributed by atoms with van der Waals surface area (Å²) in [5, 5.41) is 3.39. The topological polar surface area (TPSA) is 72.4 Å². The second-order valence-electron chi connectivity index (χ2n) is 7.82. The average Bonchev–Trinajstić information content (AvgIpc) is 3.10. The molecule has 2 aliphatic heterocycles. The number of benzene rings is 1. The van der Waals surface area contributed by atoms with Crippen LogP contribution in [0, 0.1) is 5.92 Å². The van der Waals surface area contributed by atoms with E-state index in [2.05, 4.69) is 36.2 Å². The molecule has 1 aromatic rings. The van der Waals surface area contributed by atoms with Crippen LogP contribution in [0.1, 0.15) is 51.7 Å². The van der Waals surface area contributed by atoms with Gasteiger partial charge in [-0.1, -0.05) is 0 Å². The molecule has 1 N–H and O–H groups in total. The number of hydrogen-bond donors (Lipinski definition) is 1. The van der Waals surface area contributed by atoms with Gasteiger partial charge in [0.2, 0.25) is 0 Å². The third-order valence-electron chi connectivity index (χ3n) is 5.53. The third kappa shape index (κ3) is 6.63. The van der Waals surface area contributed by atoms with Crippen molar-refractivity contribution in [2.24, 2.45) is 10.9 Å². The summed E-state index contributed by atoms with van der Waals surface area (Å²) in [5.41, 5.74) is 2.23. The van der Waals surface area contributed by atoms with Gasteiger partial charge in [0, 0.05) is 37.2 Å². The molecule has 8 heteroatoms. The molecule has 0 saturated carbocycles. The molecule has 1 saturated heterocycles. The van der Waals surface area contributed by atoms with Crippen LogP contribution in [-0.4, -0.2) is 55.8 Å². The molecule has 7 nitrogen and oxygen atoms in total. The summed E-state index contributed by atoms with van der Waals surface area (Å²) in [7, 11) is 0. The molecular weight excluding hydrogens is 509 g/mol. The Morgan fingerprint density at radius 1 is 1.23 bits per heavy atom. The number of aliphatic imine (C=N–C) groups is 1. The van der Waals surface area contributed by atoms with Crippen molar-refractivity contribution >= 4 is 35.9 Å². The van der Waals surface area contributed by atoms with E-state index >= 15 is 0 Å². The van der Waals surface area contributed by atoms with Crippen LogP contribution in [0.15, 0.2) is 17.1 Å². The molecule has 2 heterocycles. The van der Waals surface area contributed by atoms with Crippen molar-refractivity contribution in [3.8, 4) is 11.5 Å². The molecule has 0 bridgehead atoms. The Labute approximate surface area is 202 Å². The number of nitrogens with one attached hydrogen (secondary N) is 1. The molecule has 0 radical (unpaired) electrons. The summed E-state index contributed by atoms with van der Waals surface area (Å²) in [5.74, 6) is 2.61. The van der Waals surface area contributed by atoms with Crippen LogP contribution in [0.25, 0.3) is 0 Å². The summed E-state index contributed by atoms with van der Waals surface area (Å²) >= 11 is 0. The number of hydrogen-bond acceptors (Lipinski definition) is 5. The van der Waals surface area contributed by atoms with Crippen molar-refractivity contribution in [2.45, 2.75) is 59.6 Å². The molecule has 0 aromatic heterocycles. The van der Waals surface area contributed by atoms with Gasteiger partial charge in [-0.2, -0.15) is 0 Å². The van der Waals surface area contributed by atoms with Crippen LogP contribution in [-0.2, 0) is 22.5 Å². The molecule has 1 atom stereocenters. The number of piperidine rings is 1. The molecule has 0 amide bonds. The molecule has 1 aromatic carbocycles. The van der Waals surface area contributed by atoms with E-state index in [1.807, 2.05) is 13.8 Å². The maximum absolute atomic E-state index is 12.0. The van der Waals surface area contributed by atoms with Gasteiger partial charge in [0.1, 0.15) is 17.6 Å². The second-order valence-corrected chi connectivity index (χ2v) is 7.82. The lowest BCUT2D eigenvalue weighted by Crippen LogP contribution is -2.46. The third-order valence-corrected chi connectivity index (χ3v) is 5.53. The van der Waals surface area contributed by atoms with Gasteiger partial charge in [0.05, 0.1) is 25.7 Å². The van der Waals surface area contributed by atoms with E-state index in [-0.39, 0.29) is 42.0 Å². The number of likely N-dealkylation sites (tertiary alicyclic amines) is 1. The van der Waals surface area contributed by atoms with Crippen molar-refractivity contribution in [3.63, 3.8) is 0 Å². The zero-order valence-corrected chi connectivity index (χ0v) is 21.4. The Morgan fingerprint density at radius 3 is 2.61 bits per heavy atom. The van der Waals surface area contributed by atoms with E-state index < -0.39 is 0 Å². The van der Waals surface area contributed by atoms with Crippen molar-refractivity contribution in [1.29, 1.82) is 0 Å². The number of carbonyl (C=O) groups excluding carboxylic acids is 1. The maximum Gasteiger partial charge on any atom is 0.309 e. The Balaban J connectivity index is 0.00000341. The first-order valence-electron chi connectivity index (χ1n) is 11.2. The fraction of sp³-hybridized carbons (Fsp3) is 0.652. The van der Waals surface area contributed by atoms with E-state index in [0.717, 1.165) is 61.9 Å². The van der Waals surface area contributed by atoms with E-state index in [9.17, 15) is 4.79 Å². The number of halogens is 1. The largest absolute Gasteiger partial charge is 0.494 e. The first-order chi connectivity index (χ1) is 14.5. The molecule has 1 unspecified atom stereocenters. The van der Waals surface area contributed by atoms with Crippen molar-refractivity contribution in [1.82, 2.24) is 10.2 Å². The monoisotopic (exact) mass is 545 g/mol. The molecule has 1 fully saturated rings. The molecule has 0 aliphatic carbocycles. The smallest absolute Gasteiger partial charge is 0.309 e. The highest BCUT2D eigenvalue weighted by Gasteiger charge is 2.27. The Morgan fingerprint density at radius 2 is 1.97 bits per heavy atom. The van der Waals surface area contributed by atoms with Crippen LogP contribution in [0.2, 0.25) is 0 Å². The van der Waals surface area contributed by atoms with Gasteiger partial charge in [-0.15, -0.1) is 24.0 Å². The fourth-order valence-electron chi connectivity index (χ4n) is 4.07. The standard InChI is InChI=1S/C23H35N3O4.HI/c1-5-24-23(26-10-8-17(9-11-26)22(27)29-7-3)25-15-19-14-21-18(12-16(4)30-21)13-20(19)28-6-2;/h13-14,16-17H,5-12,15H2,1-4H3,(H,24,25);1H. The van der Waals surface area contributed by atoms with Crippen LogP contribution >= 0.6 is 24.0 Å². The van der Waals surface area contributed by atoms with Crippen molar-refractivity contribution in [3.05, 3.63) is 23.3 Å². The lowest BCUT2D eigenvalue weighted by molar-refractivity contribution is -0.149. The Kier molecular flexibility index (Phi) is 10.2. The number of nitrogens with zero attached hydrogens (tertiary/aromatic N) is 2. The van der Waals surface area contributed by atoms with E-state index in [1.54, 1.807) is 0 Å². The van der Waals surface area contributed by atoms with Gasteiger partial charge in [0.25, 0.3) is 0 Å². The summed E-state index contributed by atoms with van der Waals surface area (Å²) in [6.07, 6.45) is 2.69. The van der Waals surface area contributed by atoms with E-state index in [1.165, 1.54) is 5.56 Å². The van der Waals surface area contributed by atoms with Crippen LogP contribution in [0.3, 0.4) is 0 Å². The summed E-state index contributed by atoms with van der Waals surface area (Å²) in [6, 6.07) is 4.18. The van der Waals surface area contributed by atoms with E-state index in [4.69, 9.17) is 19.2 Å². The van der Waals surface area contributed by atoms with Crippen molar-refractivity contribution in [2.75, 3.05) is 32.8 Å². The van der Waals surface area contributed by atoms with Crippen LogP contribution in [0.5, 0.6) is 11.5 Å². The van der Waals surface area contributed by atoms with E-state index in [0.29, 0.717) is 19.8 Å². The zero-order valence-electron chi connectivity index (χ0n) is 19.1. The van der Waals surface area contributed by atoms with Gasteiger partial charge < -0.3 is 24.4 Å². The number of carbonyl (C=O) groups is 1. The number of rotatable bonds is 7. The SMILES string of the molecule is CCNC(=NCc1cc2c(cc1OCC)CC(C)O2)N1CCC(C(=O)OCC)CC1.I. The van der Waals surface area contributed by atoms with Gasteiger partial charge in [0.15, 0.2) is 5.96 Å². The lowest BCUT2D eigenvalue weighted by Gasteiger charge is -2.33. The summed E-state index contributed by atoms with van der Waals surface area (Å²) in [4.78, 5) is 19.1. The van der Waals surface area contributed by atoms with Crippen LogP contribution < -0.4 is 14.8 Å². The van der Waals surface area contributed by atoms with Gasteiger partial charge >= 0.3 is 5.97 Å². The normalized spacial score (nSPS) is 18.6. The summed E-state index contributed by atoms with van der Waals surface area (Å²) in [6.45, 7) is 11.9. The highest BCUT2D eigenvalue weighted by atomic mass is 127. The predicted octanol–water partition coefficient (Wildman–Crippen LogP) is 3.77. The molecule has 174 valence electrons. The van der Waals surface area contributed by atoms with Gasteiger partial charge in [-0.3, -0.25) is 4.79 Å². The number of guanidine groups is 1. The first-order valence-corrected chi connectivity index (χ1v) is 11.2. The molecular formula is C23H36IN3O4. The zero-order chi connectivity index (χ0) is 21.5.